The van der Waals surface area contributed by atoms with Crippen LogP contribution in [-0.4, -0.2) is 54.3 Å². The first-order valence-electron chi connectivity index (χ1n) is 11.7. The summed E-state index contributed by atoms with van der Waals surface area (Å²) in [7, 11) is 1.67. The van der Waals surface area contributed by atoms with Gasteiger partial charge in [0.25, 0.3) is 0 Å². The van der Waals surface area contributed by atoms with Crippen LogP contribution in [0.2, 0.25) is 0 Å². The zero-order valence-corrected chi connectivity index (χ0v) is 19.7. The number of hydrogen-bond donors (Lipinski definition) is 3. The number of anilines is 1. The predicted molar refractivity (Wildman–Crippen MR) is 124 cm³/mol. The number of imidazole rings is 1. The summed E-state index contributed by atoms with van der Waals surface area (Å²) in [6, 6.07) is 2.06. The van der Waals surface area contributed by atoms with Gasteiger partial charge in [0.1, 0.15) is 11.6 Å². The van der Waals surface area contributed by atoms with E-state index in [4.69, 9.17) is 4.74 Å². The molecule has 1 aromatic carbocycles. The average Bonchev–Trinajstić information content (AvgIpc) is 3.25. The van der Waals surface area contributed by atoms with Crippen LogP contribution in [-0.2, 0) is 22.4 Å². The van der Waals surface area contributed by atoms with Gasteiger partial charge in [0.2, 0.25) is 5.91 Å². The molecule has 33 heavy (non-hydrogen) atoms. The van der Waals surface area contributed by atoms with E-state index in [1.165, 1.54) is 6.07 Å². The van der Waals surface area contributed by atoms with Gasteiger partial charge < -0.3 is 25.3 Å². The second-order valence-electron chi connectivity index (χ2n) is 8.71. The van der Waals surface area contributed by atoms with Gasteiger partial charge in [-0.25, -0.2) is 13.8 Å². The third kappa shape index (κ3) is 7.06. The fraction of sp³-hybridized carbons (Fsp3) is 0.583. The Morgan fingerprint density at radius 3 is 2.94 bits per heavy atom. The van der Waals surface area contributed by atoms with Crippen LogP contribution in [0.25, 0.3) is 0 Å². The molecule has 0 bridgehead atoms. The number of hydrogen-bond acceptors (Lipinski definition) is 5. The minimum Gasteiger partial charge on any atom is -0.383 e. The highest BCUT2D eigenvalue weighted by Crippen LogP contribution is 2.26. The lowest BCUT2D eigenvalue weighted by atomic mass is 9.87. The molecule has 9 heteroatoms. The van der Waals surface area contributed by atoms with Crippen LogP contribution in [0, 0.1) is 11.6 Å². The van der Waals surface area contributed by atoms with Gasteiger partial charge in [0, 0.05) is 44.5 Å². The molecule has 0 radical (unpaired) electrons. The molecule has 0 saturated heterocycles. The molecular weight excluding hydrogens is 428 g/mol. The average molecular weight is 464 g/mol. The van der Waals surface area contributed by atoms with Crippen LogP contribution in [0.15, 0.2) is 24.7 Å². The number of carbonyl (C=O) groups is 1. The van der Waals surface area contributed by atoms with Gasteiger partial charge in [-0.2, -0.15) is 0 Å². The summed E-state index contributed by atoms with van der Waals surface area (Å²) < 4.78 is 34.7. The van der Waals surface area contributed by atoms with Crippen molar-refractivity contribution >= 4 is 11.7 Å². The summed E-state index contributed by atoms with van der Waals surface area (Å²) in [5.74, 6) is -0.703. The van der Waals surface area contributed by atoms with Crippen molar-refractivity contribution in [1.29, 1.82) is 0 Å². The van der Waals surface area contributed by atoms with Gasteiger partial charge in [-0.1, -0.05) is 13.3 Å². The van der Waals surface area contributed by atoms with E-state index in [1.807, 2.05) is 17.7 Å². The molecular formula is C24H35F2N5O2. The van der Waals surface area contributed by atoms with Crippen molar-refractivity contribution in [2.45, 2.75) is 64.1 Å². The highest BCUT2D eigenvalue weighted by Gasteiger charge is 2.27. The molecule has 3 atom stereocenters. The van der Waals surface area contributed by atoms with Crippen LogP contribution in [0.3, 0.4) is 0 Å². The van der Waals surface area contributed by atoms with E-state index in [9.17, 15) is 13.6 Å². The van der Waals surface area contributed by atoms with Crippen LogP contribution in [0.4, 0.5) is 14.6 Å². The Bertz CT molecular complexity index is 920. The van der Waals surface area contributed by atoms with Crippen molar-refractivity contribution in [3.8, 4) is 0 Å². The van der Waals surface area contributed by atoms with Gasteiger partial charge in [-0.05, 0) is 49.8 Å². The van der Waals surface area contributed by atoms with Crippen LogP contribution >= 0.6 is 0 Å². The number of methoxy groups -OCH3 is 1. The van der Waals surface area contributed by atoms with Crippen LogP contribution in [0.5, 0.6) is 0 Å². The van der Waals surface area contributed by atoms with E-state index in [-0.39, 0.29) is 18.0 Å². The second-order valence-corrected chi connectivity index (χ2v) is 8.71. The lowest BCUT2D eigenvalue weighted by Gasteiger charge is -2.29. The van der Waals surface area contributed by atoms with E-state index >= 15 is 0 Å². The normalized spacial score (nSPS) is 17.4. The Balaban J connectivity index is 1.57. The molecule has 1 aliphatic rings. The van der Waals surface area contributed by atoms with Gasteiger partial charge in [-0.3, -0.25) is 4.79 Å². The zero-order chi connectivity index (χ0) is 23.8. The molecule has 1 heterocycles. The number of rotatable bonds is 12. The van der Waals surface area contributed by atoms with Gasteiger partial charge >= 0.3 is 0 Å². The molecule has 182 valence electrons. The predicted octanol–water partition coefficient (Wildman–Crippen LogP) is 3.21. The maximum atomic E-state index is 14.3. The Hall–Kier alpha value is -2.36. The number of fused-ring (bicyclic) bond motifs is 1. The summed E-state index contributed by atoms with van der Waals surface area (Å²) >= 11 is 0. The first kappa shape index (κ1) is 25.3. The van der Waals surface area contributed by atoms with Crippen LogP contribution < -0.4 is 16.0 Å². The second kappa shape index (κ2) is 12.2. The standard InChI is InChI=1S/C24H35F2N5O2/c1-4-5-22(29-19-7-6-17-10-18(25)11-21(26)20(17)12-19)24(32)30-23-14-31(15-28-23)16(2)13-27-8-9-33-3/h10-11,14-16,19,22,27,29H,4-9,12-13H2,1-3H3,(H,30,32)/t16-,19-,22-/m0/s1. The summed E-state index contributed by atoms with van der Waals surface area (Å²) in [4.78, 5) is 17.3. The minimum atomic E-state index is -0.541. The number of nitrogens with one attached hydrogen (secondary N) is 3. The Morgan fingerprint density at radius 1 is 1.36 bits per heavy atom. The Labute approximate surface area is 194 Å². The molecule has 1 amide bonds. The highest BCUT2D eigenvalue weighted by atomic mass is 19.1. The monoisotopic (exact) mass is 463 g/mol. The number of nitrogens with zero attached hydrogens (tertiary/aromatic N) is 2. The lowest BCUT2D eigenvalue weighted by Crippen LogP contribution is -2.48. The highest BCUT2D eigenvalue weighted by molar-refractivity contribution is 5.94. The van der Waals surface area contributed by atoms with Gasteiger partial charge in [-0.15, -0.1) is 0 Å². The molecule has 0 unspecified atom stereocenters. The third-order valence-corrected chi connectivity index (χ3v) is 6.08. The molecule has 0 fully saturated rings. The molecule has 0 spiro atoms. The van der Waals surface area contributed by atoms with Crippen molar-refractivity contribution < 1.29 is 18.3 Å². The number of aromatic nitrogens is 2. The van der Waals surface area contributed by atoms with Crippen LogP contribution in [0.1, 0.15) is 50.3 Å². The van der Waals surface area contributed by atoms with Gasteiger partial charge in [0.15, 0.2) is 5.82 Å². The summed E-state index contributed by atoms with van der Waals surface area (Å²) in [6.07, 6.45) is 6.77. The maximum Gasteiger partial charge on any atom is 0.242 e. The molecule has 0 aliphatic heterocycles. The molecule has 1 aliphatic carbocycles. The first-order valence-corrected chi connectivity index (χ1v) is 11.7. The fourth-order valence-electron chi connectivity index (χ4n) is 4.24. The summed E-state index contributed by atoms with van der Waals surface area (Å²) in [5, 5.41) is 9.62. The molecule has 1 aromatic heterocycles. The van der Waals surface area contributed by atoms with E-state index < -0.39 is 17.7 Å². The Kier molecular flexibility index (Phi) is 9.34. The molecule has 3 rings (SSSR count). The van der Waals surface area contributed by atoms with Gasteiger partial charge in [0.05, 0.1) is 19.0 Å². The van der Waals surface area contributed by atoms with E-state index in [0.29, 0.717) is 37.3 Å². The van der Waals surface area contributed by atoms with Crippen molar-refractivity contribution in [3.63, 3.8) is 0 Å². The molecule has 7 nitrogen and oxygen atoms in total. The summed E-state index contributed by atoms with van der Waals surface area (Å²) in [6.45, 7) is 6.28. The molecule has 3 N–H and O–H groups in total. The number of benzene rings is 1. The number of ether oxygens (including phenoxy) is 1. The number of amides is 1. The Morgan fingerprint density at radius 2 is 2.18 bits per heavy atom. The van der Waals surface area contributed by atoms with E-state index in [1.54, 1.807) is 13.4 Å². The van der Waals surface area contributed by atoms with E-state index in [0.717, 1.165) is 37.6 Å². The number of carbonyl (C=O) groups excluding carboxylic acids is 1. The topological polar surface area (TPSA) is 80.2 Å². The zero-order valence-electron chi connectivity index (χ0n) is 19.7. The lowest BCUT2D eigenvalue weighted by molar-refractivity contribution is -0.118. The van der Waals surface area contributed by atoms with Crippen molar-refractivity contribution in [2.75, 3.05) is 32.1 Å². The molecule has 0 saturated carbocycles. The SMILES string of the molecule is CCC[C@H](N[C@H]1CCc2cc(F)cc(F)c2C1)C(=O)Nc1cn([C@@H](C)CNCCOC)cn1. The number of halogens is 2. The third-order valence-electron chi connectivity index (χ3n) is 6.08. The fourth-order valence-corrected chi connectivity index (χ4v) is 4.24. The maximum absolute atomic E-state index is 14.3. The van der Waals surface area contributed by atoms with Crippen molar-refractivity contribution in [2.24, 2.45) is 0 Å². The largest absolute Gasteiger partial charge is 0.383 e. The quantitative estimate of drug-likeness (QED) is 0.421. The van der Waals surface area contributed by atoms with E-state index in [2.05, 4.69) is 27.9 Å². The molecule has 2 aromatic rings. The smallest absolute Gasteiger partial charge is 0.242 e. The minimum absolute atomic E-state index is 0.0458. The van der Waals surface area contributed by atoms with Crippen molar-refractivity contribution in [1.82, 2.24) is 20.2 Å². The first-order chi connectivity index (χ1) is 15.9. The number of aryl methyl sites for hydroxylation is 1. The van der Waals surface area contributed by atoms with Crippen molar-refractivity contribution in [3.05, 3.63) is 47.4 Å². The summed E-state index contributed by atoms with van der Waals surface area (Å²) in [5.41, 5.74) is 1.26.